The number of thiazole rings is 1. The predicted octanol–water partition coefficient (Wildman–Crippen LogP) is 4.76. The van der Waals surface area contributed by atoms with E-state index in [2.05, 4.69) is 37.9 Å². The predicted molar refractivity (Wildman–Crippen MR) is 111 cm³/mol. The van der Waals surface area contributed by atoms with Crippen molar-refractivity contribution in [2.45, 2.75) is 38.4 Å². The third-order valence-electron chi connectivity index (χ3n) is 4.03. The second-order valence-electron chi connectivity index (χ2n) is 7.17. The maximum atomic E-state index is 11.9. The summed E-state index contributed by atoms with van der Waals surface area (Å²) in [4.78, 5) is 17.2. The van der Waals surface area contributed by atoms with Crippen LogP contribution in [0.5, 0.6) is 5.75 Å². The molecule has 2 aromatic heterocycles. The fourth-order valence-corrected chi connectivity index (χ4v) is 4.10. The van der Waals surface area contributed by atoms with Gasteiger partial charge in [0.2, 0.25) is 0 Å². The highest BCUT2D eigenvalue weighted by atomic mass is 32.2. The summed E-state index contributed by atoms with van der Waals surface area (Å²) in [5, 5.41) is 1.88. The van der Waals surface area contributed by atoms with E-state index in [1.54, 1.807) is 28.4 Å². The molecular weight excluding hydrogens is 364 g/mol. The lowest BCUT2D eigenvalue weighted by atomic mass is 9.87. The van der Waals surface area contributed by atoms with Gasteiger partial charge in [0.05, 0.1) is 12.3 Å². The molecule has 0 aliphatic carbocycles. The fourth-order valence-electron chi connectivity index (χ4n) is 2.54. The molecule has 3 rings (SSSR count). The van der Waals surface area contributed by atoms with E-state index in [1.807, 2.05) is 17.5 Å². The van der Waals surface area contributed by atoms with Crippen LogP contribution in [-0.4, -0.2) is 21.7 Å². The Bertz CT molecular complexity index is 908. The average Bonchev–Trinajstić information content (AvgIpc) is 3.07. The van der Waals surface area contributed by atoms with Gasteiger partial charge in [-0.1, -0.05) is 32.9 Å². The first-order valence-electron chi connectivity index (χ1n) is 8.70. The van der Waals surface area contributed by atoms with Crippen molar-refractivity contribution < 1.29 is 4.74 Å². The minimum atomic E-state index is -0.00566. The van der Waals surface area contributed by atoms with Crippen LogP contribution in [0.25, 0.3) is 4.96 Å². The van der Waals surface area contributed by atoms with E-state index >= 15 is 0 Å². The lowest BCUT2D eigenvalue weighted by Crippen LogP contribution is -2.12. The SMILES string of the molecule is CC(C)(C)c1ccc(OCCCSCc2cc(=O)n3ccsc3n2)cc1. The topological polar surface area (TPSA) is 43.6 Å². The molecule has 0 aliphatic heterocycles. The number of ether oxygens (including phenoxy) is 1. The third-order valence-corrected chi connectivity index (χ3v) is 5.86. The number of nitrogens with zero attached hydrogens (tertiary/aromatic N) is 2. The van der Waals surface area contributed by atoms with Crippen LogP contribution in [0.2, 0.25) is 0 Å². The Morgan fingerprint density at radius 3 is 2.73 bits per heavy atom. The first kappa shape index (κ1) is 19.0. The quantitative estimate of drug-likeness (QED) is 0.548. The molecule has 3 aromatic rings. The molecule has 0 bridgehead atoms. The minimum Gasteiger partial charge on any atom is -0.494 e. The van der Waals surface area contributed by atoms with Crippen LogP contribution in [0.4, 0.5) is 0 Å². The molecule has 0 amide bonds. The van der Waals surface area contributed by atoms with Crippen LogP contribution in [0.15, 0.2) is 46.7 Å². The highest BCUT2D eigenvalue weighted by Crippen LogP contribution is 2.24. The van der Waals surface area contributed by atoms with Gasteiger partial charge in [-0.25, -0.2) is 4.98 Å². The van der Waals surface area contributed by atoms with Crippen molar-refractivity contribution in [1.29, 1.82) is 0 Å². The van der Waals surface area contributed by atoms with Crippen molar-refractivity contribution in [2.75, 3.05) is 12.4 Å². The van der Waals surface area contributed by atoms with Crippen molar-refractivity contribution in [3.8, 4) is 5.75 Å². The highest BCUT2D eigenvalue weighted by Gasteiger charge is 2.12. The van der Waals surface area contributed by atoms with Crippen LogP contribution in [0.3, 0.4) is 0 Å². The Morgan fingerprint density at radius 1 is 1.23 bits per heavy atom. The second-order valence-corrected chi connectivity index (χ2v) is 9.15. The molecule has 0 radical (unpaired) electrons. The van der Waals surface area contributed by atoms with E-state index in [1.165, 1.54) is 16.9 Å². The van der Waals surface area contributed by atoms with Crippen molar-refractivity contribution in [3.63, 3.8) is 0 Å². The lowest BCUT2D eigenvalue weighted by Gasteiger charge is -2.19. The second kappa shape index (κ2) is 8.27. The highest BCUT2D eigenvalue weighted by molar-refractivity contribution is 7.98. The Balaban J connectivity index is 1.39. The van der Waals surface area contributed by atoms with Crippen LogP contribution >= 0.6 is 23.1 Å². The summed E-state index contributed by atoms with van der Waals surface area (Å²) in [7, 11) is 0. The zero-order valence-electron chi connectivity index (χ0n) is 15.4. The molecule has 0 saturated heterocycles. The molecule has 0 aliphatic rings. The number of benzene rings is 1. The van der Waals surface area contributed by atoms with E-state index in [4.69, 9.17) is 4.74 Å². The van der Waals surface area contributed by atoms with Gasteiger partial charge in [0.15, 0.2) is 4.96 Å². The Kier molecular flexibility index (Phi) is 6.04. The molecule has 0 unspecified atom stereocenters. The van der Waals surface area contributed by atoms with Gasteiger partial charge in [-0.05, 0) is 35.3 Å². The van der Waals surface area contributed by atoms with Gasteiger partial charge in [0.1, 0.15) is 5.75 Å². The van der Waals surface area contributed by atoms with Crippen molar-refractivity contribution >= 4 is 28.1 Å². The van der Waals surface area contributed by atoms with Crippen molar-refractivity contribution in [2.24, 2.45) is 0 Å². The molecular formula is C20H24N2O2S2. The lowest BCUT2D eigenvalue weighted by molar-refractivity contribution is 0.318. The summed E-state index contributed by atoms with van der Waals surface area (Å²) >= 11 is 3.27. The fraction of sp³-hybridized carbons (Fsp3) is 0.400. The molecule has 6 heteroatoms. The molecule has 0 N–H and O–H groups in total. The van der Waals surface area contributed by atoms with E-state index in [0.29, 0.717) is 6.61 Å². The van der Waals surface area contributed by atoms with Gasteiger partial charge in [-0.3, -0.25) is 9.20 Å². The maximum Gasteiger partial charge on any atom is 0.258 e. The molecule has 138 valence electrons. The van der Waals surface area contributed by atoms with Crippen molar-refractivity contribution in [3.05, 3.63) is 63.5 Å². The zero-order chi connectivity index (χ0) is 18.6. The van der Waals surface area contributed by atoms with Gasteiger partial charge < -0.3 is 4.74 Å². The van der Waals surface area contributed by atoms with E-state index in [-0.39, 0.29) is 11.0 Å². The van der Waals surface area contributed by atoms with Crippen molar-refractivity contribution in [1.82, 2.24) is 9.38 Å². The minimum absolute atomic E-state index is 0.00566. The van der Waals surface area contributed by atoms with E-state index < -0.39 is 0 Å². The summed E-state index contributed by atoms with van der Waals surface area (Å²) in [6, 6.07) is 9.98. The molecule has 2 heterocycles. The van der Waals surface area contributed by atoms with Gasteiger partial charge in [0, 0.05) is 23.4 Å². The molecule has 1 aromatic carbocycles. The normalized spacial score (nSPS) is 11.8. The van der Waals surface area contributed by atoms with Crippen LogP contribution in [0.1, 0.15) is 38.4 Å². The summed E-state index contributed by atoms with van der Waals surface area (Å²) < 4.78 is 7.39. The average molecular weight is 389 g/mol. The molecule has 0 atom stereocenters. The number of hydrogen-bond donors (Lipinski definition) is 0. The van der Waals surface area contributed by atoms with Crippen LogP contribution in [0, 0.1) is 0 Å². The molecule has 4 nitrogen and oxygen atoms in total. The summed E-state index contributed by atoms with van der Waals surface area (Å²) in [6.45, 7) is 7.32. The van der Waals surface area contributed by atoms with Gasteiger partial charge in [-0.15, -0.1) is 11.3 Å². The maximum absolute atomic E-state index is 11.9. The third kappa shape index (κ3) is 4.89. The standard InChI is InChI=1S/C20H24N2O2S2/c1-20(2,3)15-5-7-17(8-6-15)24-10-4-11-25-14-16-13-18(23)22-9-12-26-19(22)21-16/h5-9,12-13H,4,10-11,14H2,1-3H3. The number of rotatable bonds is 7. The zero-order valence-corrected chi connectivity index (χ0v) is 17.0. The van der Waals surface area contributed by atoms with Gasteiger partial charge >= 0.3 is 0 Å². The first-order chi connectivity index (χ1) is 12.4. The number of thioether (sulfide) groups is 1. The Labute approximate surface area is 162 Å². The van der Waals surface area contributed by atoms with E-state index in [9.17, 15) is 4.79 Å². The molecule has 0 spiro atoms. The molecule has 26 heavy (non-hydrogen) atoms. The first-order valence-corrected chi connectivity index (χ1v) is 10.7. The number of hydrogen-bond acceptors (Lipinski definition) is 5. The van der Waals surface area contributed by atoms with Gasteiger partial charge in [0.25, 0.3) is 5.56 Å². The summed E-state index contributed by atoms with van der Waals surface area (Å²) in [6.07, 6.45) is 2.73. The van der Waals surface area contributed by atoms with Gasteiger partial charge in [-0.2, -0.15) is 11.8 Å². The largest absolute Gasteiger partial charge is 0.494 e. The smallest absolute Gasteiger partial charge is 0.258 e. The number of fused-ring (bicyclic) bond motifs is 1. The number of aromatic nitrogens is 2. The van der Waals surface area contributed by atoms with Crippen LogP contribution in [-0.2, 0) is 11.2 Å². The van der Waals surface area contributed by atoms with E-state index in [0.717, 1.165) is 34.3 Å². The Hall–Kier alpha value is -1.79. The summed E-state index contributed by atoms with van der Waals surface area (Å²) in [5.41, 5.74) is 2.32. The summed E-state index contributed by atoms with van der Waals surface area (Å²) in [5.74, 6) is 2.65. The molecule has 0 fully saturated rings. The molecule has 0 saturated carbocycles. The van der Waals surface area contributed by atoms with Crippen LogP contribution < -0.4 is 10.3 Å². The monoisotopic (exact) mass is 388 g/mol. The Morgan fingerprint density at radius 2 is 2.00 bits per heavy atom.